The van der Waals surface area contributed by atoms with E-state index in [1.807, 2.05) is 12.2 Å². The van der Waals surface area contributed by atoms with Gasteiger partial charge in [-0.1, -0.05) is 12.2 Å². The number of fused-ring (bicyclic) bond motifs is 1. The van der Waals surface area contributed by atoms with Crippen LogP contribution in [0, 0.1) is 5.92 Å². The summed E-state index contributed by atoms with van der Waals surface area (Å²) in [5, 5.41) is -0.362. The Bertz CT molecular complexity index is 330. The third-order valence-electron chi connectivity index (χ3n) is 3.03. The number of rotatable bonds is 0. The second-order valence-corrected chi connectivity index (χ2v) is 4.88. The molecule has 0 bridgehead atoms. The maximum Gasteiger partial charge on any atom is 0.321 e. The highest BCUT2D eigenvalue weighted by atomic mass is 35.5. The lowest BCUT2D eigenvalue weighted by Gasteiger charge is -2.30. The topological polar surface area (TPSA) is 20.3 Å². The molecule has 0 aromatic heterocycles. The zero-order valence-electron chi connectivity index (χ0n) is 8.46. The molecule has 0 saturated carbocycles. The molecular formula is C11H14ClNO. The molecule has 2 rings (SSSR count). The highest BCUT2D eigenvalue weighted by Gasteiger charge is 2.44. The summed E-state index contributed by atoms with van der Waals surface area (Å²) >= 11 is 5.61. The van der Waals surface area contributed by atoms with Crippen LogP contribution in [0.5, 0.6) is 0 Å². The van der Waals surface area contributed by atoms with E-state index in [4.69, 9.17) is 11.6 Å². The van der Waals surface area contributed by atoms with Crippen molar-refractivity contribution in [1.29, 1.82) is 0 Å². The minimum absolute atomic E-state index is 0.138. The molecule has 1 heterocycles. The molecule has 0 spiro atoms. The Labute approximate surface area is 89.2 Å². The predicted molar refractivity (Wildman–Crippen MR) is 57.1 cm³/mol. The molecule has 76 valence electrons. The summed E-state index contributed by atoms with van der Waals surface area (Å²) in [4.78, 5) is 13.1. The molecule has 1 unspecified atom stereocenters. The molecule has 0 aromatic carbocycles. The molecule has 0 aromatic rings. The maximum atomic E-state index is 11.3. The van der Waals surface area contributed by atoms with E-state index in [1.54, 1.807) is 4.90 Å². The molecule has 1 fully saturated rings. The van der Waals surface area contributed by atoms with Crippen molar-refractivity contribution < 1.29 is 4.79 Å². The fourth-order valence-electron chi connectivity index (χ4n) is 2.49. The zero-order valence-corrected chi connectivity index (χ0v) is 9.21. The number of hydrogen-bond donors (Lipinski definition) is 0. The van der Waals surface area contributed by atoms with E-state index in [1.165, 1.54) is 0 Å². The van der Waals surface area contributed by atoms with Crippen LogP contribution in [-0.4, -0.2) is 15.8 Å². The van der Waals surface area contributed by atoms with Crippen LogP contribution >= 0.6 is 11.6 Å². The second kappa shape index (κ2) is 3.13. The predicted octanol–water partition coefficient (Wildman–Crippen LogP) is 3.29. The van der Waals surface area contributed by atoms with E-state index < -0.39 is 0 Å². The van der Waals surface area contributed by atoms with Crippen molar-refractivity contribution in [2.24, 2.45) is 5.92 Å². The number of likely N-dealkylation sites (tertiary alicyclic amines) is 1. The van der Waals surface area contributed by atoms with E-state index in [2.05, 4.69) is 19.9 Å². The number of carbonyl (C=O) groups excluding carboxylic acids is 1. The summed E-state index contributed by atoms with van der Waals surface area (Å²) in [5.74, 6) is 0.470. The van der Waals surface area contributed by atoms with Crippen molar-refractivity contribution in [1.82, 2.24) is 4.90 Å². The first-order chi connectivity index (χ1) is 6.52. The third kappa shape index (κ3) is 1.38. The van der Waals surface area contributed by atoms with E-state index in [0.29, 0.717) is 5.92 Å². The zero-order chi connectivity index (χ0) is 10.3. The first-order valence-corrected chi connectivity index (χ1v) is 5.26. The van der Waals surface area contributed by atoms with Crippen molar-refractivity contribution in [2.75, 3.05) is 0 Å². The van der Waals surface area contributed by atoms with Crippen LogP contribution in [0.25, 0.3) is 0 Å². The molecule has 2 aliphatic rings. The van der Waals surface area contributed by atoms with Gasteiger partial charge in [-0.25, -0.2) is 0 Å². The Morgan fingerprint density at radius 1 is 1.64 bits per heavy atom. The number of carbonyl (C=O) groups is 1. The van der Waals surface area contributed by atoms with Gasteiger partial charge in [-0.15, -0.1) is 0 Å². The van der Waals surface area contributed by atoms with Gasteiger partial charge in [0.1, 0.15) is 0 Å². The van der Waals surface area contributed by atoms with Crippen LogP contribution in [0.4, 0.5) is 4.79 Å². The van der Waals surface area contributed by atoms with Gasteiger partial charge in [-0.3, -0.25) is 9.69 Å². The van der Waals surface area contributed by atoms with Crippen LogP contribution in [0.2, 0.25) is 0 Å². The van der Waals surface area contributed by atoms with E-state index >= 15 is 0 Å². The molecule has 0 N–H and O–H groups in total. The quantitative estimate of drug-likeness (QED) is 0.445. The van der Waals surface area contributed by atoms with E-state index in [9.17, 15) is 4.79 Å². The number of allylic oxidation sites excluding steroid dienone is 4. The summed E-state index contributed by atoms with van der Waals surface area (Å²) in [6.07, 6.45) is 8.17. The first-order valence-electron chi connectivity index (χ1n) is 4.89. The third-order valence-corrected chi connectivity index (χ3v) is 3.20. The van der Waals surface area contributed by atoms with Gasteiger partial charge in [0, 0.05) is 17.2 Å². The van der Waals surface area contributed by atoms with Crippen LogP contribution in [0.15, 0.2) is 23.9 Å². The van der Waals surface area contributed by atoms with Crippen molar-refractivity contribution in [3.63, 3.8) is 0 Å². The van der Waals surface area contributed by atoms with Crippen molar-refractivity contribution in [3.8, 4) is 0 Å². The summed E-state index contributed by atoms with van der Waals surface area (Å²) in [6, 6.07) is 0. The average molecular weight is 212 g/mol. The molecule has 3 heteroatoms. The van der Waals surface area contributed by atoms with Gasteiger partial charge >= 0.3 is 5.37 Å². The minimum Gasteiger partial charge on any atom is -0.297 e. The highest BCUT2D eigenvalue weighted by molar-refractivity contribution is 6.63. The number of nitrogens with zero attached hydrogens (tertiary/aromatic N) is 1. The summed E-state index contributed by atoms with van der Waals surface area (Å²) in [6.45, 7) is 4.12. The number of amides is 1. The monoisotopic (exact) mass is 211 g/mol. The molecule has 1 amide bonds. The largest absolute Gasteiger partial charge is 0.321 e. The molecule has 1 aliphatic carbocycles. The normalized spacial score (nSPS) is 28.6. The van der Waals surface area contributed by atoms with Crippen LogP contribution in [-0.2, 0) is 0 Å². The lowest BCUT2D eigenvalue weighted by Crippen LogP contribution is -2.38. The molecule has 1 atom stereocenters. The number of halogens is 1. The van der Waals surface area contributed by atoms with E-state index in [-0.39, 0.29) is 10.9 Å². The first kappa shape index (κ1) is 9.78. The fraction of sp³-hybridized carbons (Fsp3) is 0.545. The summed E-state index contributed by atoms with van der Waals surface area (Å²) in [7, 11) is 0. The maximum absolute atomic E-state index is 11.3. The van der Waals surface area contributed by atoms with Gasteiger partial charge in [0.25, 0.3) is 0 Å². The van der Waals surface area contributed by atoms with Crippen LogP contribution in [0.1, 0.15) is 26.7 Å². The average Bonchev–Trinajstić information content (AvgIpc) is 2.33. The van der Waals surface area contributed by atoms with Gasteiger partial charge < -0.3 is 0 Å². The number of hydrogen-bond acceptors (Lipinski definition) is 1. The molecule has 1 saturated heterocycles. The summed E-state index contributed by atoms with van der Waals surface area (Å²) < 4.78 is 0. The molecule has 0 radical (unpaired) electrons. The van der Waals surface area contributed by atoms with Gasteiger partial charge in [0.2, 0.25) is 0 Å². The van der Waals surface area contributed by atoms with E-state index in [0.717, 1.165) is 18.5 Å². The SMILES string of the molecule is CC1(C)CC2CC=CC=C2N1C(=O)Cl. The van der Waals surface area contributed by atoms with Gasteiger partial charge in [-0.05, 0) is 44.4 Å². The lowest BCUT2D eigenvalue weighted by molar-refractivity contribution is 0.201. The lowest BCUT2D eigenvalue weighted by atomic mass is 9.91. The molecule has 2 nitrogen and oxygen atoms in total. The molecule has 14 heavy (non-hydrogen) atoms. The Balaban J connectivity index is 2.39. The van der Waals surface area contributed by atoms with Gasteiger partial charge in [0.15, 0.2) is 0 Å². The Kier molecular flexibility index (Phi) is 2.18. The fourth-order valence-corrected chi connectivity index (χ4v) is 2.82. The second-order valence-electron chi connectivity index (χ2n) is 4.56. The van der Waals surface area contributed by atoms with Crippen LogP contribution in [0.3, 0.4) is 0 Å². The smallest absolute Gasteiger partial charge is 0.297 e. The molecule has 1 aliphatic heterocycles. The summed E-state index contributed by atoms with van der Waals surface area (Å²) in [5.41, 5.74) is 0.943. The van der Waals surface area contributed by atoms with Gasteiger partial charge in [0.05, 0.1) is 0 Å². The van der Waals surface area contributed by atoms with Gasteiger partial charge in [-0.2, -0.15) is 0 Å². The minimum atomic E-state index is -0.362. The molecular weight excluding hydrogens is 198 g/mol. The Morgan fingerprint density at radius 3 is 3.00 bits per heavy atom. The van der Waals surface area contributed by atoms with Crippen molar-refractivity contribution in [3.05, 3.63) is 23.9 Å². The Morgan fingerprint density at radius 2 is 2.36 bits per heavy atom. The van der Waals surface area contributed by atoms with Crippen LogP contribution < -0.4 is 0 Å². The van der Waals surface area contributed by atoms with Crippen molar-refractivity contribution in [2.45, 2.75) is 32.2 Å². The Hall–Kier alpha value is -0.760. The van der Waals surface area contributed by atoms with Crippen molar-refractivity contribution >= 4 is 17.0 Å². The standard InChI is InChI=1S/C11H14ClNO/c1-11(2)7-8-5-3-4-6-9(8)13(11)10(12)14/h3-4,6,8H,5,7H2,1-2H3. The highest BCUT2D eigenvalue weighted by Crippen LogP contribution is 2.44.